The third-order valence-electron chi connectivity index (χ3n) is 6.85. The van der Waals surface area contributed by atoms with Gasteiger partial charge >= 0.3 is 11.9 Å². The first-order valence-electron chi connectivity index (χ1n) is 13.0. The number of rotatable bonds is 11. The first-order valence-corrected chi connectivity index (χ1v) is 13.0. The van der Waals surface area contributed by atoms with Crippen LogP contribution < -0.4 is 0 Å². The lowest BCUT2D eigenvalue weighted by Gasteiger charge is -2.25. The molecule has 0 N–H and O–H groups in total. The molecule has 0 saturated carbocycles. The quantitative estimate of drug-likeness (QED) is 0.125. The topological polar surface area (TPSA) is 157 Å². The number of allylic oxidation sites excluding steroid dienone is 1. The largest absolute Gasteiger partial charge is 0.456 e. The lowest BCUT2D eigenvalue weighted by Crippen LogP contribution is -2.34. The van der Waals surface area contributed by atoms with Gasteiger partial charge in [0, 0.05) is 43.5 Å². The molecule has 0 unspecified atom stereocenters. The second-order valence-corrected chi connectivity index (χ2v) is 9.56. The summed E-state index contributed by atoms with van der Waals surface area (Å²) in [5.41, 5.74) is 0.00592. The van der Waals surface area contributed by atoms with Crippen LogP contribution in [0.2, 0.25) is 0 Å². The monoisotopic (exact) mass is 564 g/mol. The number of hydrogen-bond donors (Lipinski definition) is 0. The number of esters is 2. The van der Waals surface area contributed by atoms with Crippen LogP contribution in [0.5, 0.6) is 0 Å². The Morgan fingerprint density at radius 1 is 0.902 bits per heavy atom. The lowest BCUT2D eigenvalue weighted by atomic mass is 10.0. The van der Waals surface area contributed by atoms with Gasteiger partial charge < -0.3 is 18.9 Å². The van der Waals surface area contributed by atoms with E-state index in [0.29, 0.717) is 19.3 Å². The molecule has 2 aliphatic rings. The number of benzene rings is 2. The fourth-order valence-electron chi connectivity index (χ4n) is 4.76. The number of nitro groups is 2. The van der Waals surface area contributed by atoms with Gasteiger partial charge in [0.15, 0.2) is 6.10 Å². The summed E-state index contributed by atoms with van der Waals surface area (Å²) in [6.07, 6.45) is 7.98. The van der Waals surface area contributed by atoms with E-state index in [4.69, 9.17) is 25.4 Å². The molecule has 214 valence electrons. The smallest absolute Gasteiger partial charge is 0.339 e. The van der Waals surface area contributed by atoms with Crippen LogP contribution in [0.1, 0.15) is 53.3 Å². The van der Waals surface area contributed by atoms with Crippen molar-refractivity contribution < 1.29 is 38.4 Å². The third kappa shape index (κ3) is 7.13. The minimum atomic E-state index is -1.01. The lowest BCUT2D eigenvalue weighted by molar-refractivity contribution is -0.385. The summed E-state index contributed by atoms with van der Waals surface area (Å²) >= 11 is 0. The number of nitrogens with zero attached hydrogens (tertiary/aromatic N) is 2. The molecule has 4 rings (SSSR count). The molecular formula is C29H28N2O10. The SMILES string of the molecule is C#C[C@@H](OC(=O)c1ccc([N+](=O)[O-])cc1)[C@@H]1C[C@H]2O[C@@H]([C@H](C/C=C/CC)OC(=O)c3ccc([N+](=O)[O-])cc3)C[C@H]2O1. The minimum absolute atomic E-state index is 0.114. The molecule has 0 aliphatic carbocycles. The Labute approximate surface area is 235 Å². The Morgan fingerprint density at radius 3 is 1.88 bits per heavy atom. The van der Waals surface area contributed by atoms with Gasteiger partial charge in [-0.25, -0.2) is 9.59 Å². The Balaban J connectivity index is 1.36. The summed E-state index contributed by atoms with van der Waals surface area (Å²) in [4.78, 5) is 46.0. The van der Waals surface area contributed by atoms with Crippen molar-refractivity contribution in [3.63, 3.8) is 0 Å². The normalized spacial score (nSPS) is 22.8. The molecule has 0 aromatic heterocycles. The molecule has 2 aliphatic heterocycles. The van der Waals surface area contributed by atoms with E-state index in [9.17, 15) is 29.8 Å². The van der Waals surface area contributed by atoms with E-state index in [1.54, 1.807) is 0 Å². The van der Waals surface area contributed by atoms with Crippen molar-refractivity contribution in [2.45, 2.75) is 69.2 Å². The van der Waals surface area contributed by atoms with Crippen LogP contribution >= 0.6 is 0 Å². The zero-order chi connectivity index (χ0) is 29.5. The summed E-state index contributed by atoms with van der Waals surface area (Å²) < 4.78 is 23.5. The molecule has 0 amide bonds. The molecule has 12 nitrogen and oxygen atoms in total. The van der Waals surface area contributed by atoms with Gasteiger partial charge in [-0.3, -0.25) is 20.2 Å². The second-order valence-electron chi connectivity index (χ2n) is 9.56. The van der Waals surface area contributed by atoms with E-state index in [2.05, 4.69) is 5.92 Å². The average Bonchev–Trinajstić information content (AvgIpc) is 3.55. The van der Waals surface area contributed by atoms with Crippen molar-refractivity contribution in [3.8, 4) is 12.3 Å². The van der Waals surface area contributed by atoms with Crippen molar-refractivity contribution in [3.05, 3.63) is 92.0 Å². The number of ether oxygens (including phenoxy) is 4. The summed E-state index contributed by atoms with van der Waals surface area (Å²) in [6, 6.07) is 10.1. The third-order valence-corrected chi connectivity index (χ3v) is 6.85. The number of non-ortho nitro benzene ring substituents is 2. The first kappa shape index (κ1) is 29.4. The summed E-state index contributed by atoms with van der Waals surface area (Å²) in [5.74, 6) is 1.08. The van der Waals surface area contributed by atoms with E-state index in [1.807, 2.05) is 19.1 Å². The number of nitro benzene ring substituents is 2. The van der Waals surface area contributed by atoms with Crippen molar-refractivity contribution in [1.82, 2.24) is 0 Å². The van der Waals surface area contributed by atoms with Crippen LogP contribution in [-0.4, -0.2) is 58.4 Å². The molecule has 0 radical (unpaired) electrons. The van der Waals surface area contributed by atoms with Gasteiger partial charge in [-0.05, 0) is 30.7 Å². The van der Waals surface area contributed by atoms with Crippen LogP contribution in [0.3, 0.4) is 0 Å². The molecule has 41 heavy (non-hydrogen) atoms. The Hall–Kier alpha value is -4.60. The Bertz CT molecular complexity index is 1340. The fourth-order valence-corrected chi connectivity index (χ4v) is 4.76. The van der Waals surface area contributed by atoms with Crippen molar-refractivity contribution in [1.29, 1.82) is 0 Å². The molecule has 2 saturated heterocycles. The molecule has 2 aromatic rings. The molecular weight excluding hydrogens is 536 g/mol. The van der Waals surface area contributed by atoms with Crippen LogP contribution in [0.25, 0.3) is 0 Å². The minimum Gasteiger partial charge on any atom is -0.456 e. The van der Waals surface area contributed by atoms with Gasteiger partial charge in [-0.2, -0.15) is 0 Å². The number of fused-ring (bicyclic) bond motifs is 1. The van der Waals surface area contributed by atoms with Crippen molar-refractivity contribution in [2.75, 3.05) is 0 Å². The highest BCUT2D eigenvalue weighted by Gasteiger charge is 2.49. The summed E-state index contributed by atoms with van der Waals surface area (Å²) in [7, 11) is 0. The highest BCUT2D eigenvalue weighted by atomic mass is 16.6. The molecule has 6 atom stereocenters. The number of carbonyl (C=O) groups excluding carboxylic acids is 2. The Kier molecular flexibility index (Phi) is 9.44. The van der Waals surface area contributed by atoms with E-state index in [-0.39, 0.29) is 34.7 Å². The molecule has 12 heteroatoms. The molecule has 2 heterocycles. The van der Waals surface area contributed by atoms with Gasteiger partial charge in [0.05, 0.1) is 39.3 Å². The maximum atomic E-state index is 12.8. The Morgan fingerprint density at radius 2 is 1.39 bits per heavy atom. The molecule has 2 fully saturated rings. The number of carbonyl (C=O) groups is 2. The van der Waals surface area contributed by atoms with E-state index in [1.165, 1.54) is 48.5 Å². The van der Waals surface area contributed by atoms with Gasteiger partial charge in [0.2, 0.25) is 0 Å². The van der Waals surface area contributed by atoms with E-state index in [0.717, 1.165) is 6.42 Å². The summed E-state index contributed by atoms with van der Waals surface area (Å²) in [6.45, 7) is 1.98. The molecule has 2 aromatic carbocycles. The number of terminal acetylenes is 1. The summed E-state index contributed by atoms with van der Waals surface area (Å²) in [5, 5.41) is 21.7. The van der Waals surface area contributed by atoms with Crippen molar-refractivity contribution >= 4 is 23.3 Å². The van der Waals surface area contributed by atoms with Crippen LogP contribution in [-0.2, 0) is 18.9 Å². The van der Waals surface area contributed by atoms with Crippen molar-refractivity contribution in [2.24, 2.45) is 0 Å². The molecule has 0 bridgehead atoms. The zero-order valence-electron chi connectivity index (χ0n) is 22.1. The predicted octanol–water partition coefficient (Wildman–Crippen LogP) is 4.56. The standard InChI is InChI=1S/C29H28N2O10/c1-3-5-6-7-23(41-29(33)19-10-14-21(15-11-19)31(36)37)25-17-27-26(39-25)16-24(38-27)22(4-2)40-28(32)18-8-12-20(13-9-18)30(34)35/h2,5-6,8-15,22-27H,3,7,16-17H2,1H3/b6-5+/t22-,23+,24+,25-,26-,27-/m1/s1. The number of hydrogen-bond acceptors (Lipinski definition) is 10. The predicted molar refractivity (Wildman–Crippen MR) is 144 cm³/mol. The maximum Gasteiger partial charge on any atom is 0.339 e. The highest BCUT2D eigenvalue weighted by Crippen LogP contribution is 2.38. The second kappa shape index (κ2) is 13.2. The maximum absolute atomic E-state index is 12.8. The average molecular weight is 565 g/mol. The van der Waals surface area contributed by atoms with E-state index < -0.39 is 46.2 Å². The zero-order valence-corrected chi connectivity index (χ0v) is 22.1. The highest BCUT2D eigenvalue weighted by molar-refractivity contribution is 5.90. The van der Waals surface area contributed by atoms with Crippen LogP contribution in [0, 0.1) is 32.6 Å². The molecule has 0 spiro atoms. The van der Waals surface area contributed by atoms with Crippen LogP contribution in [0.15, 0.2) is 60.7 Å². The fraction of sp³-hybridized carbons (Fsp3) is 0.379. The van der Waals surface area contributed by atoms with Gasteiger partial charge in [-0.15, -0.1) is 6.42 Å². The van der Waals surface area contributed by atoms with E-state index >= 15 is 0 Å². The van der Waals surface area contributed by atoms with Crippen LogP contribution in [0.4, 0.5) is 11.4 Å². The van der Waals surface area contributed by atoms with Gasteiger partial charge in [0.25, 0.3) is 11.4 Å². The first-order chi connectivity index (χ1) is 19.7. The van der Waals surface area contributed by atoms with Gasteiger partial charge in [-0.1, -0.05) is 25.0 Å². The van der Waals surface area contributed by atoms with Gasteiger partial charge in [0.1, 0.15) is 12.2 Å².